The largest absolute Gasteiger partial charge is 0.453 e. The molecule has 3 rings (SSSR count). The van der Waals surface area contributed by atoms with Gasteiger partial charge >= 0.3 is 6.18 Å². The third-order valence-corrected chi connectivity index (χ3v) is 3.33. The van der Waals surface area contributed by atoms with Gasteiger partial charge < -0.3 is 10.4 Å². The van der Waals surface area contributed by atoms with Gasteiger partial charge in [-0.1, -0.05) is 6.07 Å². The Morgan fingerprint density at radius 1 is 1.08 bits per heavy atom. The van der Waals surface area contributed by atoms with Crippen molar-refractivity contribution in [1.29, 1.82) is 0 Å². The summed E-state index contributed by atoms with van der Waals surface area (Å²) in [7, 11) is 0. The number of nitrogens with one attached hydrogen (secondary N) is 1. The minimum absolute atomic E-state index is 0.0615. The van der Waals surface area contributed by atoms with Crippen LogP contribution in [0.4, 0.5) is 27.8 Å². The van der Waals surface area contributed by atoms with Crippen LogP contribution in [0.25, 0.3) is 5.65 Å². The van der Waals surface area contributed by atoms with E-state index in [1.165, 1.54) is 12.1 Å². The molecule has 1 unspecified atom stereocenters. The highest BCUT2D eigenvalue weighted by Crippen LogP contribution is 2.27. The highest BCUT2D eigenvalue weighted by Gasteiger charge is 2.37. The third kappa shape index (κ3) is 3.36. The van der Waals surface area contributed by atoms with Crippen molar-refractivity contribution in [1.82, 2.24) is 19.8 Å². The van der Waals surface area contributed by atoms with E-state index in [1.54, 1.807) is 0 Å². The van der Waals surface area contributed by atoms with E-state index in [9.17, 15) is 27.1 Å². The van der Waals surface area contributed by atoms with Crippen molar-refractivity contribution in [3.63, 3.8) is 0 Å². The molecule has 1 aromatic carbocycles. The Morgan fingerprint density at radius 3 is 2.40 bits per heavy atom. The van der Waals surface area contributed by atoms with E-state index in [0.717, 1.165) is 18.2 Å². The van der Waals surface area contributed by atoms with Crippen LogP contribution in [0.1, 0.15) is 17.5 Å². The molecule has 0 aliphatic heterocycles. The SMILES string of the molecule is OC(CNc1ccc2nnc(C(F)(F)F)n2n1)c1c(F)cccc1F. The molecule has 0 fully saturated rings. The average Bonchev–Trinajstić information content (AvgIpc) is 2.96. The molecule has 0 radical (unpaired) electrons. The molecule has 2 aromatic heterocycles. The summed E-state index contributed by atoms with van der Waals surface area (Å²) < 4.78 is 66.1. The molecule has 0 saturated heterocycles. The minimum atomic E-state index is -4.75. The summed E-state index contributed by atoms with van der Waals surface area (Å²) in [6.07, 6.45) is -6.32. The lowest BCUT2D eigenvalue weighted by molar-refractivity contribution is -0.146. The first-order valence-corrected chi connectivity index (χ1v) is 6.93. The number of aliphatic hydroxyl groups excluding tert-OH is 1. The molecule has 11 heteroatoms. The Kier molecular flexibility index (Phi) is 4.25. The van der Waals surface area contributed by atoms with Crippen molar-refractivity contribution < 1.29 is 27.1 Å². The van der Waals surface area contributed by atoms with Gasteiger partial charge in [-0.15, -0.1) is 15.3 Å². The highest BCUT2D eigenvalue weighted by molar-refractivity contribution is 5.44. The molecule has 0 amide bonds. The molecule has 1 atom stereocenters. The zero-order valence-corrected chi connectivity index (χ0v) is 12.3. The number of aliphatic hydroxyl groups is 1. The number of benzene rings is 1. The third-order valence-electron chi connectivity index (χ3n) is 3.33. The van der Waals surface area contributed by atoms with Crippen LogP contribution in [0.15, 0.2) is 30.3 Å². The van der Waals surface area contributed by atoms with E-state index < -0.39 is 35.3 Å². The van der Waals surface area contributed by atoms with Crippen molar-refractivity contribution in [3.05, 3.63) is 53.4 Å². The Morgan fingerprint density at radius 2 is 1.76 bits per heavy atom. The molecule has 0 saturated carbocycles. The van der Waals surface area contributed by atoms with Crippen LogP contribution in [-0.4, -0.2) is 31.5 Å². The standard InChI is InChI=1S/C14H10F5N5O/c15-7-2-1-3-8(16)12(7)9(25)6-20-10-4-5-11-21-22-13(14(17,18)19)24(11)23-10/h1-5,9,25H,6H2,(H,20,23). The summed E-state index contributed by atoms with van der Waals surface area (Å²) in [5.74, 6) is -3.24. The Balaban J connectivity index is 1.81. The summed E-state index contributed by atoms with van der Waals surface area (Å²) in [6, 6.07) is 5.65. The Bertz CT molecular complexity index is 890. The molecular weight excluding hydrogens is 349 g/mol. The van der Waals surface area contributed by atoms with Crippen LogP contribution in [0.3, 0.4) is 0 Å². The molecule has 3 aromatic rings. The smallest absolute Gasteiger partial charge is 0.386 e. The predicted molar refractivity (Wildman–Crippen MR) is 75.6 cm³/mol. The first-order chi connectivity index (χ1) is 11.8. The topological polar surface area (TPSA) is 75.3 Å². The zero-order chi connectivity index (χ0) is 18.2. The molecule has 0 bridgehead atoms. The van der Waals surface area contributed by atoms with Crippen LogP contribution in [-0.2, 0) is 6.18 Å². The lowest BCUT2D eigenvalue weighted by Gasteiger charge is -2.14. The van der Waals surface area contributed by atoms with E-state index in [-0.39, 0.29) is 18.0 Å². The summed E-state index contributed by atoms with van der Waals surface area (Å²) in [5, 5.41) is 22.5. The normalized spacial score (nSPS) is 13.2. The number of halogens is 5. The van der Waals surface area contributed by atoms with Gasteiger partial charge in [0.05, 0.1) is 5.56 Å². The number of alkyl halides is 3. The van der Waals surface area contributed by atoms with Gasteiger partial charge in [-0.05, 0) is 24.3 Å². The van der Waals surface area contributed by atoms with Crippen molar-refractivity contribution in [2.75, 3.05) is 11.9 Å². The van der Waals surface area contributed by atoms with E-state index in [2.05, 4.69) is 20.6 Å². The number of fused-ring (bicyclic) bond motifs is 1. The molecule has 2 N–H and O–H groups in total. The molecule has 132 valence electrons. The summed E-state index contributed by atoms with van der Waals surface area (Å²) in [4.78, 5) is 0. The van der Waals surface area contributed by atoms with Crippen molar-refractivity contribution in [3.8, 4) is 0 Å². The molecule has 0 aliphatic rings. The summed E-state index contributed by atoms with van der Waals surface area (Å²) in [6.45, 7) is -0.375. The second-order valence-corrected chi connectivity index (χ2v) is 5.04. The van der Waals surface area contributed by atoms with Gasteiger partial charge in [0, 0.05) is 6.54 Å². The van der Waals surface area contributed by atoms with Gasteiger partial charge in [0.25, 0.3) is 5.82 Å². The number of anilines is 1. The van der Waals surface area contributed by atoms with Gasteiger partial charge in [-0.2, -0.15) is 17.7 Å². The lowest BCUT2D eigenvalue weighted by Crippen LogP contribution is -2.17. The van der Waals surface area contributed by atoms with Gasteiger partial charge in [-0.3, -0.25) is 0 Å². The maximum absolute atomic E-state index is 13.6. The lowest BCUT2D eigenvalue weighted by atomic mass is 10.1. The maximum Gasteiger partial charge on any atom is 0.453 e. The molecule has 25 heavy (non-hydrogen) atoms. The average molecular weight is 359 g/mol. The fourth-order valence-electron chi connectivity index (χ4n) is 2.19. The van der Waals surface area contributed by atoms with E-state index >= 15 is 0 Å². The van der Waals surface area contributed by atoms with E-state index in [1.807, 2.05) is 0 Å². The number of rotatable bonds is 4. The number of hydrogen-bond donors (Lipinski definition) is 2. The van der Waals surface area contributed by atoms with Crippen LogP contribution in [0, 0.1) is 11.6 Å². The second kappa shape index (κ2) is 6.24. The molecule has 0 aliphatic carbocycles. The molecule has 2 heterocycles. The van der Waals surface area contributed by atoms with Gasteiger partial charge in [0.2, 0.25) is 0 Å². The molecule has 0 spiro atoms. The predicted octanol–water partition coefficient (Wildman–Crippen LogP) is 2.57. The van der Waals surface area contributed by atoms with Gasteiger partial charge in [0.15, 0.2) is 5.65 Å². The fourth-order valence-corrected chi connectivity index (χ4v) is 2.19. The van der Waals surface area contributed by atoms with E-state index in [4.69, 9.17) is 0 Å². The minimum Gasteiger partial charge on any atom is -0.386 e. The monoisotopic (exact) mass is 359 g/mol. The maximum atomic E-state index is 13.6. The summed E-state index contributed by atoms with van der Waals surface area (Å²) >= 11 is 0. The summed E-state index contributed by atoms with van der Waals surface area (Å²) in [5.41, 5.74) is -0.671. The first-order valence-electron chi connectivity index (χ1n) is 6.93. The number of hydrogen-bond acceptors (Lipinski definition) is 5. The second-order valence-electron chi connectivity index (χ2n) is 5.04. The quantitative estimate of drug-likeness (QED) is 0.701. The van der Waals surface area contributed by atoms with Gasteiger partial charge in [-0.25, -0.2) is 8.78 Å². The molecule has 6 nitrogen and oxygen atoms in total. The highest BCUT2D eigenvalue weighted by atomic mass is 19.4. The van der Waals surface area contributed by atoms with Crippen LogP contribution in [0.5, 0.6) is 0 Å². The van der Waals surface area contributed by atoms with Crippen LogP contribution >= 0.6 is 0 Å². The van der Waals surface area contributed by atoms with Crippen molar-refractivity contribution in [2.45, 2.75) is 12.3 Å². The molecular formula is C14H10F5N5O. The Labute approximate surface area is 136 Å². The number of nitrogens with zero attached hydrogens (tertiary/aromatic N) is 4. The number of aromatic nitrogens is 4. The Hall–Kier alpha value is -2.82. The van der Waals surface area contributed by atoms with Gasteiger partial charge in [0.1, 0.15) is 23.6 Å². The van der Waals surface area contributed by atoms with Crippen molar-refractivity contribution in [2.24, 2.45) is 0 Å². The first kappa shape index (κ1) is 17.0. The van der Waals surface area contributed by atoms with Crippen molar-refractivity contribution >= 4 is 11.5 Å². The van der Waals surface area contributed by atoms with Crippen LogP contribution < -0.4 is 5.32 Å². The zero-order valence-electron chi connectivity index (χ0n) is 12.3. The fraction of sp³-hybridized carbons (Fsp3) is 0.214. The van der Waals surface area contributed by atoms with E-state index in [0.29, 0.717) is 4.52 Å². The van der Waals surface area contributed by atoms with Crippen LogP contribution in [0.2, 0.25) is 0 Å².